The lowest BCUT2D eigenvalue weighted by Gasteiger charge is -2.39. The van der Waals surface area contributed by atoms with E-state index in [-0.39, 0.29) is 19.2 Å². The molecule has 0 bridgehead atoms. The van der Waals surface area contributed by atoms with Crippen LogP contribution in [0.3, 0.4) is 0 Å². The van der Waals surface area contributed by atoms with Crippen LogP contribution in [-0.2, 0) is 23.7 Å². The Labute approximate surface area is 265 Å². The Hall–Kier alpha value is -1.85. The van der Waals surface area contributed by atoms with Gasteiger partial charge >= 0.3 is 5.97 Å². The fraction of sp³-hybridized carbons (Fsp3) is 0.743. The van der Waals surface area contributed by atoms with E-state index in [9.17, 15) is 25.2 Å². The average Bonchev–Trinajstić information content (AvgIpc) is 3.02. The van der Waals surface area contributed by atoms with Crippen LogP contribution in [0.25, 0.3) is 0 Å². The molecule has 1 aliphatic rings. The van der Waals surface area contributed by atoms with Crippen molar-refractivity contribution in [1.82, 2.24) is 0 Å². The topological polar surface area (TPSA) is 135 Å². The highest BCUT2D eigenvalue weighted by atomic mass is 16.7. The molecule has 1 saturated heterocycles. The third kappa shape index (κ3) is 19.5. The quantitative estimate of drug-likeness (QED) is 0.0562. The van der Waals surface area contributed by atoms with Gasteiger partial charge in [-0.3, -0.25) is 4.79 Å². The largest absolute Gasteiger partial charge is 0.457 e. The first-order valence-electron chi connectivity index (χ1n) is 16.7. The smallest absolute Gasteiger partial charge is 0.306 e. The highest BCUT2D eigenvalue weighted by Crippen LogP contribution is 2.22. The van der Waals surface area contributed by atoms with Crippen LogP contribution < -0.4 is 0 Å². The van der Waals surface area contributed by atoms with Crippen LogP contribution in [-0.4, -0.2) is 89.6 Å². The van der Waals surface area contributed by atoms with Crippen LogP contribution >= 0.6 is 0 Å². The van der Waals surface area contributed by atoms with E-state index in [1.165, 1.54) is 12.8 Å². The number of hydrogen-bond donors (Lipinski definition) is 4. The number of aliphatic hydroxyl groups is 4. The zero-order chi connectivity index (χ0) is 32.3. The molecule has 9 heteroatoms. The molecule has 0 aromatic heterocycles. The van der Waals surface area contributed by atoms with Crippen molar-refractivity contribution in [3.8, 4) is 0 Å². The van der Waals surface area contributed by atoms with Gasteiger partial charge in [0.1, 0.15) is 30.5 Å². The predicted molar refractivity (Wildman–Crippen MR) is 173 cm³/mol. The molecule has 1 aliphatic heterocycles. The van der Waals surface area contributed by atoms with Crippen molar-refractivity contribution in [2.75, 3.05) is 26.4 Å². The maximum atomic E-state index is 12.3. The van der Waals surface area contributed by atoms with Gasteiger partial charge in [-0.2, -0.15) is 0 Å². The normalized spacial score (nSPS) is 23.5. The lowest BCUT2D eigenvalue weighted by molar-refractivity contribution is -0.305. The van der Waals surface area contributed by atoms with Crippen molar-refractivity contribution in [1.29, 1.82) is 0 Å². The number of esters is 1. The summed E-state index contributed by atoms with van der Waals surface area (Å²) in [4.78, 5) is 12.3. The number of aliphatic hydroxyl groups excluding tert-OH is 4. The highest BCUT2D eigenvalue weighted by molar-refractivity contribution is 5.69. The molecule has 4 N–H and O–H groups in total. The van der Waals surface area contributed by atoms with Crippen molar-refractivity contribution in [3.63, 3.8) is 0 Å². The number of carbonyl (C=O) groups excluding carboxylic acids is 1. The van der Waals surface area contributed by atoms with Gasteiger partial charge in [-0.15, -0.1) is 0 Å². The molecule has 1 heterocycles. The molecule has 0 amide bonds. The van der Waals surface area contributed by atoms with Gasteiger partial charge in [0.05, 0.1) is 19.8 Å². The van der Waals surface area contributed by atoms with Crippen molar-refractivity contribution in [2.24, 2.45) is 0 Å². The van der Waals surface area contributed by atoms with E-state index in [0.29, 0.717) is 13.0 Å². The van der Waals surface area contributed by atoms with Crippen LogP contribution in [0.1, 0.15) is 104 Å². The summed E-state index contributed by atoms with van der Waals surface area (Å²) in [6, 6.07) is 0. The SMILES string of the molecule is CC/C=C\C/C=C\C/C=C\C/C=C\CCCCCCCOCC(COC1OC(CO)C(O)C(O)C1O)OC(=O)CCCCC. The Morgan fingerprint density at radius 2 is 1.39 bits per heavy atom. The van der Waals surface area contributed by atoms with Gasteiger partial charge < -0.3 is 39.4 Å². The Bertz CT molecular complexity index is 808. The van der Waals surface area contributed by atoms with Crippen molar-refractivity contribution in [2.45, 2.75) is 141 Å². The molecule has 1 fully saturated rings. The first-order chi connectivity index (χ1) is 21.4. The minimum atomic E-state index is -1.54. The molecule has 0 aromatic carbocycles. The minimum absolute atomic E-state index is 0.125. The summed E-state index contributed by atoms with van der Waals surface area (Å²) in [6.07, 6.45) is 23.6. The number of carbonyl (C=O) groups is 1. The first-order valence-corrected chi connectivity index (χ1v) is 16.7. The van der Waals surface area contributed by atoms with E-state index in [4.69, 9.17) is 18.9 Å². The Morgan fingerprint density at radius 3 is 2.05 bits per heavy atom. The van der Waals surface area contributed by atoms with Gasteiger partial charge in [-0.25, -0.2) is 0 Å². The number of ether oxygens (including phenoxy) is 4. The molecule has 6 unspecified atom stereocenters. The Kier molecular flexibility index (Phi) is 25.1. The maximum Gasteiger partial charge on any atom is 0.306 e. The molecule has 1 rings (SSSR count). The summed E-state index contributed by atoms with van der Waals surface area (Å²) in [5, 5.41) is 39.6. The van der Waals surface area contributed by atoms with Crippen LogP contribution in [0.4, 0.5) is 0 Å². The molecule has 254 valence electrons. The zero-order valence-electron chi connectivity index (χ0n) is 27.1. The molecule has 9 nitrogen and oxygen atoms in total. The average molecular weight is 625 g/mol. The molecule has 0 aromatic rings. The summed E-state index contributed by atoms with van der Waals surface area (Å²) in [7, 11) is 0. The van der Waals surface area contributed by atoms with Crippen LogP contribution in [0.2, 0.25) is 0 Å². The lowest BCUT2D eigenvalue weighted by Crippen LogP contribution is -2.59. The minimum Gasteiger partial charge on any atom is -0.457 e. The lowest BCUT2D eigenvalue weighted by atomic mass is 9.99. The molecule has 0 spiro atoms. The molecule has 0 radical (unpaired) electrons. The number of hydrogen-bond acceptors (Lipinski definition) is 9. The first kappa shape index (κ1) is 40.2. The Morgan fingerprint density at radius 1 is 0.750 bits per heavy atom. The highest BCUT2D eigenvalue weighted by Gasteiger charge is 2.44. The second kappa shape index (κ2) is 27.5. The second-order valence-corrected chi connectivity index (χ2v) is 11.2. The molecule has 0 saturated carbocycles. The van der Waals surface area contributed by atoms with Crippen molar-refractivity contribution in [3.05, 3.63) is 48.6 Å². The van der Waals surface area contributed by atoms with Gasteiger partial charge in [-0.1, -0.05) is 94.6 Å². The summed E-state index contributed by atoms with van der Waals surface area (Å²) >= 11 is 0. The monoisotopic (exact) mass is 624 g/mol. The van der Waals surface area contributed by atoms with E-state index in [1.807, 2.05) is 0 Å². The molecule has 44 heavy (non-hydrogen) atoms. The van der Waals surface area contributed by atoms with E-state index in [1.54, 1.807) is 0 Å². The molecule has 6 atom stereocenters. The van der Waals surface area contributed by atoms with E-state index in [2.05, 4.69) is 62.5 Å². The van der Waals surface area contributed by atoms with Gasteiger partial charge in [0, 0.05) is 13.0 Å². The van der Waals surface area contributed by atoms with Gasteiger partial charge in [0.25, 0.3) is 0 Å². The number of unbranched alkanes of at least 4 members (excludes halogenated alkanes) is 7. The number of rotatable bonds is 26. The van der Waals surface area contributed by atoms with Crippen molar-refractivity contribution < 1.29 is 44.2 Å². The molecular formula is C35H60O9. The van der Waals surface area contributed by atoms with E-state index in [0.717, 1.165) is 70.6 Å². The maximum absolute atomic E-state index is 12.3. The second-order valence-electron chi connectivity index (χ2n) is 11.2. The third-order valence-corrected chi connectivity index (χ3v) is 7.26. The van der Waals surface area contributed by atoms with Gasteiger partial charge in [-0.05, 0) is 51.4 Å². The summed E-state index contributed by atoms with van der Waals surface area (Å²) in [6.45, 7) is 4.19. The fourth-order valence-corrected chi connectivity index (χ4v) is 4.60. The van der Waals surface area contributed by atoms with Crippen LogP contribution in [0.5, 0.6) is 0 Å². The summed E-state index contributed by atoms with van der Waals surface area (Å²) < 4.78 is 22.3. The third-order valence-electron chi connectivity index (χ3n) is 7.26. The number of allylic oxidation sites excluding steroid dienone is 8. The standard InChI is InChI=1S/C35H60O9/c1-3-5-7-8-9-10-11-12-13-14-15-16-17-18-19-20-21-23-25-41-27-29(43-31(37)24-22-6-4-2)28-42-35-34(40)33(39)32(38)30(26-36)44-35/h5,7,9-10,12-13,15-16,29-30,32-36,38-40H,3-4,6,8,11,14,17-28H2,1-2H3/b7-5-,10-9-,13-12-,16-15-. The van der Waals surface area contributed by atoms with Crippen LogP contribution in [0, 0.1) is 0 Å². The molecular weight excluding hydrogens is 564 g/mol. The predicted octanol–water partition coefficient (Wildman–Crippen LogP) is 5.46. The molecule has 0 aliphatic carbocycles. The van der Waals surface area contributed by atoms with Gasteiger partial charge in [0.15, 0.2) is 6.29 Å². The van der Waals surface area contributed by atoms with Crippen LogP contribution in [0.15, 0.2) is 48.6 Å². The zero-order valence-corrected chi connectivity index (χ0v) is 27.1. The van der Waals surface area contributed by atoms with E-state index < -0.39 is 43.4 Å². The van der Waals surface area contributed by atoms with Crippen molar-refractivity contribution >= 4 is 5.97 Å². The Balaban J connectivity index is 2.24. The summed E-state index contributed by atoms with van der Waals surface area (Å²) in [5.74, 6) is -0.349. The van der Waals surface area contributed by atoms with Gasteiger partial charge in [0.2, 0.25) is 0 Å². The fourth-order valence-electron chi connectivity index (χ4n) is 4.60. The summed E-state index contributed by atoms with van der Waals surface area (Å²) in [5.41, 5.74) is 0. The van der Waals surface area contributed by atoms with E-state index >= 15 is 0 Å².